The summed E-state index contributed by atoms with van der Waals surface area (Å²) < 4.78 is 0.845. The van der Waals surface area contributed by atoms with E-state index in [2.05, 4.69) is 15.9 Å². The number of hydrogen-bond acceptors (Lipinski definition) is 2. The second-order valence-corrected chi connectivity index (χ2v) is 6.53. The summed E-state index contributed by atoms with van der Waals surface area (Å²) in [7, 11) is 1.80. The molecule has 0 radical (unpaired) electrons. The number of thiophene rings is 1. The molecule has 0 aliphatic heterocycles. The molecule has 2 rings (SSSR count). The number of hydrogen-bond donors (Lipinski definition) is 0. The van der Waals surface area contributed by atoms with Crippen molar-refractivity contribution in [2.75, 3.05) is 7.05 Å². The Bertz CT molecular complexity index is 585. The van der Waals surface area contributed by atoms with Crippen molar-refractivity contribution >= 4 is 44.8 Å². The Morgan fingerprint density at radius 2 is 2.16 bits per heavy atom. The van der Waals surface area contributed by atoms with Gasteiger partial charge in [-0.1, -0.05) is 33.6 Å². The molecule has 1 unspecified atom stereocenters. The first-order valence-electron chi connectivity index (χ1n) is 5.76. The fourth-order valence-corrected chi connectivity index (χ4v) is 3.13. The van der Waals surface area contributed by atoms with Crippen LogP contribution >= 0.6 is 38.9 Å². The van der Waals surface area contributed by atoms with Gasteiger partial charge in [0.25, 0.3) is 5.91 Å². The minimum atomic E-state index is -0.0767. The number of rotatable bonds is 3. The first-order chi connectivity index (χ1) is 9.00. The molecular formula is C14H13BrClNOS. The average Bonchev–Trinajstić information content (AvgIpc) is 2.93. The van der Waals surface area contributed by atoms with Crippen molar-refractivity contribution in [2.45, 2.75) is 13.0 Å². The van der Waals surface area contributed by atoms with Gasteiger partial charge in [-0.25, -0.2) is 0 Å². The van der Waals surface area contributed by atoms with Gasteiger partial charge in [-0.15, -0.1) is 11.3 Å². The van der Waals surface area contributed by atoms with E-state index >= 15 is 0 Å². The van der Waals surface area contributed by atoms with Gasteiger partial charge in [0.2, 0.25) is 0 Å². The maximum absolute atomic E-state index is 12.5. The zero-order valence-electron chi connectivity index (χ0n) is 10.6. The number of carbonyl (C=O) groups excluding carboxylic acids is 1. The van der Waals surface area contributed by atoms with Crippen LogP contribution in [0.4, 0.5) is 0 Å². The Kier molecular flexibility index (Phi) is 4.66. The van der Waals surface area contributed by atoms with Gasteiger partial charge < -0.3 is 4.90 Å². The van der Waals surface area contributed by atoms with E-state index in [4.69, 9.17) is 11.6 Å². The highest BCUT2D eigenvalue weighted by Gasteiger charge is 2.21. The molecule has 1 aromatic carbocycles. The van der Waals surface area contributed by atoms with Gasteiger partial charge >= 0.3 is 0 Å². The van der Waals surface area contributed by atoms with E-state index in [0.29, 0.717) is 10.6 Å². The molecule has 0 saturated carbocycles. The van der Waals surface area contributed by atoms with Gasteiger partial charge in [0.05, 0.1) is 16.6 Å². The van der Waals surface area contributed by atoms with Crippen LogP contribution in [0.5, 0.6) is 0 Å². The number of amides is 1. The van der Waals surface area contributed by atoms with Gasteiger partial charge in [-0.2, -0.15) is 0 Å². The molecule has 0 saturated heterocycles. The normalized spacial score (nSPS) is 12.2. The van der Waals surface area contributed by atoms with Crippen molar-refractivity contribution in [1.29, 1.82) is 0 Å². The summed E-state index contributed by atoms with van der Waals surface area (Å²) in [6.07, 6.45) is 0. The first kappa shape index (κ1) is 14.6. The number of carbonyl (C=O) groups is 1. The number of nitrogens with zero attached hydrogens (tertiary/aromatic N) is 1. The highest BCUT2D eigenvalue weighted by atomic mass is 79.9. The minimum absolute atomic E-state index is 0.0301. The van der Waals surface area contributed by atoms with Crippen molar-refractivity contribution in [3.8, 4) is 0 Å². The Hall–Kier alpha value is -0.840. The summed E-state index contributed by atoms with van der Waals surface area (Å²) in [5, 5.41) is 2.48. The van der Waals surface area contributed by atoms with E-state index < -0.39 is 0 Å². The van der Waals surface area contributed by atoms with Crippen LogP contribution in [0.2, 0.25) is 5.02 Å². The Labute approximate surface area is 130 Å². The molecule has 2 aromatic rings. The predicted octanol–water partition coefficient (Wildman–Crippen LogP) is 5.00. The fraction of sp³-hybridized carbons (Fsp3) is 0.214. The third kappa shape index (κ3) is 3.19. The molecule has 5 heteroatoms. The van der Waals surface area contributed by atoms with E-state index in [-0.39, 0.29) is 11.9 Å². The van der Waals surface area contributed by atoms with Crippen molar-refractivity contribution < 1.29 is 4.79 Å². The Morgan fingerprint density at radius 1 is 1.42 bits per heavy atom. The lowest BCUT2D eigenvalue weighted by Crippen LogP contribution is -2.29. The highest BCUT2D eigenvalue weighted by Crippen LogP contribution is 2.27. The monoisotopic (exact) mass is 357 g/mol. The SMILES string of the molecule is CC(c1cccs1)N(C)C(=O)c1cc(Br)ccc1Cl. The highest BCUT2D eigenvalue weighted by molar-refractivity contribution is 9.10. The maximum atomic E-state index is 12.5. The van der Waals surface area contributed by atoms with Crippen LogP contribution in [0.15, 0.2) is 40.2 Å². The molecule has 100 valence electrons. The van der Waals surface area contributed by atoms with E-state index in [0.717, 1.165) is 9.35 Å². The lowest BCUT2D eigenvalue weighted by molar-refractivity contribution is 0.0745. The standard InChI is InChI=1S/C14H13BrClNOS/c1-9(13-4-3-7-19-13)17(2)14(18)11-8-10(15)5-6-12(11)16/h3-9H,1-2H3. The number of halogens is 2. The molecule has 0 aliphatic rings. The van der Waals surface area contributed by atoms with Crippen LogP contribution in [-0.2, 0) is 0 Å². The quantitative estimate of drug-likeness (QED) is 0.756. The van der Waals surface area contributed by atoms with Crippen molar-refractivity contribution in [2.24, 2.45) is 0 Å². The van der Waals surface area contributed by atoms with Crippen LogP contribution in [0, 0.1) is 0 Å². The first-order valence-corrected chi connectivity index (χ1v) is 7.81. The van der Waals surface area contributed by atoms with Crippen LogP contribution in [-0.4, -0.2) is 17.9 Å². The second kappa shape index (κ2) is 6.07. The molecule has 2 nitrogen and oxygen atoms in total. The zero-order valence-corrected chi connectivity index (χ0v) is 13.7. The minimum Gasteiger partial charge on any atom is -0.334 e. The molecule has 0 aliphatic carbocycles. The summed E-state index contributed by atoms with van der Waals surface area (Å²) >= 11 is 11.1. The van der Waals surface area contributed by atoms with Crippen molar-refractivity contribution in [3.63, 3.8) is 0 Å². The maximum Gasteiger partial charge on any atom is 0.255 e. The van der Waals surface area contributed by atoms with E-state index in [1.54, 1.807) is 35.4 Å². The van der Waals surface area contributed by atoms with Crippen LogP contribution in [0.25, 0.3) is 0 Å². The average molecular weight is 359 g/mol. The van der Waals surface area contributed by atoms with E-state index in [9.17, 15) is 4.79 Å². The molecule has 0 spiro atoms. The van der Waals surface area contributed by atoms with Gasteiger partial charge in [-0.3, -0.25) is 4.79 Å². The third-order valence-corrected chi connectivity index (χ3v) is 4.88. The lowest BCUT2D eigenvalue weighted by atomic mass is 10.1. The van der Waals surface area contributed by atoms with Gasteiger partial charge in [0, 0.05) is 16.4 Å². The van der Waals surface area contributed by atoms with Crippen LogP contribution < -0.4 is 0 Å². The Balaban J connectivity index is 2.26. The third-order valence-electron chi connectivity index (χ3n) is 3.02. The van der Waals surface area contributed by atoms with Crippen molar-refractivity contribution in [1.82, 2.24) is 4.90 Å². The summed E-state index contributed by atoms with van der Waals surface area (Å²) in [6, 6.07) is 9.34. The van der Waals surface area contributed by atoms with E-state index in [1.807, 2.05) is 30.5 Å². The Morgan fingerprint density at radius 3 is 2.79 bits per heavy atom. The molecule has 0 bridgehead atoms. The van der Waals surface area contributed by atoms with Gasteiger partial charge in [-0.05, 0) is 36.6 Å². The lowest BCUT2D eigenvalue weighted by Gasteiger charge is -2.24. The molecule has 19 heavy (non-hydrogen) atoms. The largest absolute Gasteiger partial charge is 0.334 e. The van der Waals surface area contributed by atoms with Gasteiger partial charge in [0.1, 0.15) is 0 Å². The molecule has 1 amide bonds. The molecule has 1 heterocycles. The zero-order chi connectivity index (χ0) is 14.0. The summed E-state index contributed by atoms with van der Waals surface area (Å²) in [5.74, 6) is -0.0767. The topological polar surface area (TPSA) is 20.3 Å². The smallest absolute Gasteiger partial charge is 0.255 e. The molecule has 1 atom stereocenters. The van der Waals surface area contributed by atoms with Crippen molar-refractivity contribution in [3.05, 3.63) is 55.6 Å². The summed E-state index contributed by atoms with van der Waals surface area (Å²) in [6.45, 7) is 2.01. The molecular weight excluding hydrogens is 346 g/mol. The molecule has 0 N–H and O–H groups in total. The van der Waals surface area contributed by atoms with Crippen LogP contribution in [0.3, 0.4) is 0 Å². The summed E-state index contributed by atoms with van der Waals surface area (Å²) in [4.78, 5) is 15.3. The van der Waals surface area contributed by atoms with Gasteiger partial charge in [0.15, 0.2) is 0 Å². The summed E-state index contributed by atoms with van der Waals surface area (Å²) in [5.41, 5.74) is 0.516. The fourth-order valence-electron chi connectivity index (χ4n) is 1.75. The molecule has 0 fully saturated rings. The molecule has 1 aromatic heterocycles. The predicted molar refractivity (Wildman–Crippen MR) is 84.0 cm³/mol. The number of benzene rings is 1. The second-order valence-electron chi connectivity index (χ2n) is 4.23. The van der Waals surface area contributed by atoms with E-state index in [1.165, 1.54) is 0 Å². The van der Waals surface area contributed by atoms with Crippen LogP contribution in [0.1, 0.15) is 28.2 Å².